The van der Waals surface area contributed by atoms with Gasteiger partial charge in [-0.15, -0.1) is 0 Å². The first-order valence-electron chi connectivity index (χ1n) is 6.94. The average molecular weight is 324 g/mol. The highest BCUT2D eigenvalue weighted by molar-refractivity contribution is 6.30. The molecule has 0 bridgehead atoms. The lowest BCUT2D eigenvalue weighted by atomic mass is 10.1. The molecule has 0 spiro atoms. The first-order valence-corrected chi connectivity index (χ1v) is 7.32. The van der Waals surface area contributed by atoms with Crippen molar-refractivity contribution in [1.82, 2.24) is 5.32 Å². The Kier molecular flexibility index (Phi) is 5.50. The summed E-state index contributed by atoms with van der Waals surface area (Å²) in [7, 11) is 0. The monoisotopic (exact) mass is 323 g/mol. The van der Waals surface area contributed by atoms with Gasteiger partial charge in [-0.05, 0) is 48.7 Å². The molecule has 1 N–H and O–H groups in total. The lowest BCUT2D eigenvalue weighted by Crippen LogP contribution is -2.26. The van der Waals surface area contributed by atoms with Gasteiger partial charge in [-0.1, -0.05) is 29.8 Å². The van der Waals surface area contributed by atoms with Crippen molar-refractivity contribution in [2.45, 2.75) is 25.8 Å². The molecule has 0 unspecified atom stereocenters. The maximum atomic E-state index is 13.1. The number of benzene rings is 2. The summed E-state index contributed by atoms with van der Waals surface area (Å²) in [5.74, 6) is -1.93. The molecule has 0 radical (unpaired) electrons. The van der Waals surface area contributed by atoms with Crippen LogP contribution in [0.4, 0.5) is 8.78 Å². The number of carbonyl (C=O) groups excluding carboxylic acids is 1. The molecule has 5 heteroatoms. The molecule has 0 fully saturated rings. The fourth-order valence-electron chi connectivity index (χ4n) is 2.10. The Balaban J connectivity index is 1.87. The Labute approximate surface area is 133 Å². The van der Waals surface area contributed by atoms with E-state index in [-0.39, 0.29) is 18.4 Å². The third kappa shape index (κ3) is 4.53. The quantitative estimate of drug-likeness (QED) is 0.866. The summed E-state index contributed by atoms with van der Waals surface area (Å²) in [5, 5.41) is 3.50. The number of carbonyl (C=O) groups is 1. The Morgan fingerprint density at radius 3 is 2.45 bits per heavy atom. The van der Waals surface area contributed by atoms with Gasteiger partial charge in [0.15, 0.2) is 11.6 Å². The molecule has 0 aliphatic carbocycles. The molecule has 2 nitrogen and oxygen atoms in total. The number of aryl methyl sites for hydroxylation is 1. The van der Waals surface area contributed by atoms with Gasteiger partial charge >= 0.3 is 0 Å². The van der Waals surface area contributed by atoms with Crippen LogP contribution in [0.25, 0.3) is 0 Å². The molecule has 0 saturated heterocycles. The second-order valence-corrected chi connectivity index (χ2v) is 5.53. The topological polar surface area (TPSA) is 29.1 Å². The fraction of sp³-hybridized carbons (Fsp3) is 0.235. The van der Waals surface area contributed by atoms with Gasteiger partial charge in [0.2, 0.25) is 5.91 Å². The first-order chi connectivity index (χ1) is 10.5. The van der Waals surface area contributed by atoms with E-state index < -0.39 is 11.6 Å². The molecule has 2 rings (SSSR count). The van der Waals surface area contributed by atoms with Crippen LogP contribution in [0.15, 0.2) is 42.5 Å². The van der Waals surface area contributed by atoms with Gasteiger partial charge in [0.25, 0.3) is 0 Å². The van der Waals surface area contributed by atoms with Crippen molar-refractivity contribution in [3.63, 3.8) is 0 Å². The molecule has 0 aromatic heterocycles. The van der Waals surface area contributed by atoms with Gasteiger partial charge in [0.05, 0.1) is 6.04 Å². The number of nitrogens with one attached hydrogen (secondary N) is 1. The minimum absolute atomic E-state index is 0.144. The minimum atomic E-state index is -0.896. The highest BCUT2D eigenvalue weighted by Gasteiger charge is 2.10. The third-order valence-electron chi connectivity index (χ3n) is 3.37. The largest absolute Gasteiger partial charge is 0.350 e. The van der Waals surface area contributed by atoms with E-state index in [0.717, 1.165) is 17.7 Å². The van der Waals surface area contributed by atoms with Crippen LogP contribution in [0.2, 0.25) is 5.02 Å². The summed E-state index contributed by atoms with van der Waals surface area (Å²) in [6, 6.07) is 10.8. The molecular weight excluding hydrogens is 308 g/mol. The fourth-order valence-corrected chi connectivity index (χ4v) is 2.23. The predicted molar refractivity (Wildman–Crippen MR) is 82.7 cm³/mol. The predicted octanol–water partition coefficient (Wildman–Crippen LogP) is 4.43. The van der Waals surface area contributed by atoms with Gasteiger partial charge in [0, 0.05) is 11.4 Å². The maximum Gasteiger partial charge on any atom is 0.220 e. The molecule has 0 aliphatic rings. The lowest BCUT2D eigenvalue weighted by Gasteiger charge is -2.14. The SMILES string of the molecule is C[C@@H](NC(=O)CCc1ccc(F)c(F)c1)c1ccc(Cl)cc1. The van der Waals surface area contributed by atoms with E-state index >= 15 is 0 Å². The summed E-state index contributed by atoms with van der Waals surface area (Å²) < 4.78 is 25.9. The molecule has 116 valence electrons. The van der Waals surface area contributed by atoms with Crippen LogP contribution < -0.4 is 5.32 Å². The molecule has 2 aromatic rings. The summed E-state index contributed by atoms with van der Waals surface area (Å²) in [4.78, 5) is 11.9. The molecule has 2 aromatic carbocycles. The summed E-state index contributed by atoms with van der Waals surface area (Å²) in [5.41, 5.74) is 1.54. The van der Waals surface area contributed by atoms with Crippen LogP contribution in [-0.4, -0.2) is 5.91 Å². The molecule has 1 atom stereocenters. The Morgan fingerprint density at radius 2 is 1.82 bits per heavy atom. The van der Waals surface area contributed by atoms with Crippen molar-refractivity contribution in [2.75, 3.05) is 0 Å². The van der Waals surface area contributed by atoms with Gasteiger partial charge in [-0.25, -0.2) is 8.78 Å². The van der Waals surface area contributed by atoms with Crippen molar-refractivity contribution >= 4 is 17.5 Å². The van der Waals surface area contributed by atoms with Crippen LogP contribution in [0.1, 0.15) is 30.5 Å². The molecule has 0 heterocycles. The maximum absolute atomic E-state index is 13.1. The van der Waals surface area contributed by atoms with E-state index in [0.29, 0.717) is 17.0 Å². The lowest BCUT2D eigenvalue weighted by molar-refractivity contribution is -0.121. The van der Waals surface area contributed by atoms with Crippen molar-refractivity contribution in [3.05, 3.63) is 70.2 Å². The van der Waals surface area contributed by atoms with Crippen LogP contribution in [0.5, 0.6) is 0 Å². The van der Waals surface area contributed by atoms with Crippen LogP contribution in [0.3, 0.4) is 0 Å². The van der Waals surface area contributed by atoms with Crippen molar-refractivity contribution in [1.29, 1.82) is 0 Å². The van der Waals surface area contributed by atoms with Crippen LogP contribution in [-0.2, 0) is 11.2 Å². The molecule has 0 saturated carbocycles. The van der Waals surface area contributed by atoms with Crippen molar-refractivity contribution < 1.29 is 13.6 Å². The summed E-state index contributed by atoms with van der Waals surface area (Å²) >= 11 is 5.82. The van der Waals surface area contributed by atoms with E-state index in [4.69, 9.17) is 11.6 Å². The second kappa shape index (κ2) is 7.36. The Hall–Kier alpha value is -1.94. The highest BCUT2D eigenvalue weighted by atomic mass is 35.5. The third-order valence-corrected chi connectivity index (χ3v) is 3.62. The number of amides is 1. The zero-order valence-corrected chi connectivity index (χ0v) is 12.8. The Bertz CT molecular complexity index is 658. The number of hydrogen-bond donors (Lipinski definition) is 1. The normalized spacial score (nSPS) is 12.0. The van der Waals surface area contributed by atoms with E-state index in [2.05, 4.69) is 5.32 Å². The van der Waals surface area contributed by atoms with Crippen LogP contribution >= 0.6 is 11.6 Å². The highest BCUT2D eigenvalue weighted by Crippen LogP contribution is 2.16. The summed E-state index contributed by atoms with van der Waals surface area (Å²) in [6.07, 6.45) is 0.569. The number of halogens is 3. The van der Waals surface area contributed by atoms with Gasteiger partial charge in [-0.3, -0.25) is 4.79 Å². The van der Waals surface area contributed by atoms with E-state index in [1.807, 2.05) is 19.1 Å². The molecule has 1 amide bonds. The van der Waals surface area contributed by atoms with Gasteiger partial charge in [0.1, 0.15) is 0 Å². The minimum Gasteiger partial charge on any atom is -0.350 e. The van der Waals surface area contributed by atoms with Gasteiger partial charge < -0.3 is 5.32 Å². The molecular formula is C17H16ClF2NO. The zero-order valence-electron chi connectivity index (χ0n) is 12.1. The van der Waals surface area contributed by atoms with Gasteiger partial charge in [-0.2, -0.15) is 0 Å². The zero-order chi connectivity index (χ0) is 16.1. The second-order valence-electron chi connectivity index (χ2n) is 5.09. The standard InChI is InChI=1S/C17H16ClF2NO/c1-11(13-4-6-14(18)7-5-13)21-17(22)9-3-12-2-8-15(19)16(20)10-12/h2,4-8,10-11H,3,9H2,1H3,(H,21,22)/t11-/m1/s1. The molecule has 22 heavy (non-hydrogen) atoms. The van der Waals surface area contributed by atoms with E-state index in [1.165, 1.54) is 6.07 Å². The first kappa shape index (κ1) is 16.4. The van der Waals surface area contributed by atoms with Crippen LogP contribution in [0, 0.1) is 11.6 Å². The van der Waals surface area contributed by atoms with E-state index in [9.17, 15) is 13.6 Å². The van der Waals surface area contributed by atoms with Crippen molar-refractivity contribution in [2.24, 2.45) is 0 Å². The van der Waals surface area contributed by atoms with Crippen molar-refractivity contribution in [3.8, 4) is 0 Å². The molecule has 0 aliphatic heterocycles. The van der Waals surface area contributed by atoms with E-state index in [1.54, 1.807) is 12.1 Å². The summed E-state index contributed by atoms with van der Waals surface area (Å²) in [6.45, 7) is 1.87. The smallest absolute Gasteiger partial charge is 0.220 e. The number of hydrogen-bond acceptors (Lipinski definition) is 1. The average Bonchev–Trinajstić information content (AvgIpc) is 2.49. The Morgan fingerprint density at radius 1 is 1.14 bits per heavy atom. The number of rotatable bonds is 5.